The minimum atomic E-state index is -1.33. The van der Waals surface area contributed by atoms with Crippen molar-refractivity contribution in [1.82, 2.24) is 0 Å². The van der Waals surface area contributed by atoms with Crippen LogP contribution in [0.4, 0.5) is 0 Å². The third-order valence-corrected chi connectivity index (χ3v) is 10.3. The first-order valence-electron chi connectivity index (χ1n) is 13.1. The van der Waals surface area contributed by atoms with Crippen molar-refractivity contribution in [2.24, 2.45) is 34.0 Å². The molecule has 1 spiro atoms. The van der Waals surface area contributed by atoms with Gasteiger partial charge in [0.1, 0.15) is 11.7 Å². The Balaban J connectivity index is 1.62. The molecule has 9 nitrogen and oxygen atoms in total. The molecule has 3 fully saturated rings. The molecule has 0 aromatic heterocycles. The normalized spacial score (nSPS) is 44.6. The fourth-order valence-electron chi connectivity index (χ4n) is 8.45. The second-order valence-electron chi connectivity index (χ2n) is 12.5. The Labute approximate surface area is 222 Å². The molecule has 2 aliphatic heterocycles. The summed E-state index contributed by atoms with van der Waals surface area (Å²) >= 11 is 0. The number of aliphatic hydroxyl groups excluding tert-OH is 1. The third-order valence-electron chi connectivity index (χ3n) is 10.3. The summed E-state index contributed by atoms with van der Waals surface area (Å²) in [6, 6.07) is 0. The summed E-state index contributed by atoms with van der Waals surface area (Å²) in [5, 5.41) is 10.5. The van der Waals surface area contributed by atoms with Gasteiger partial charge in [-0.05, 0) is 36.3 Å². The predicted octanol–water partition coefficient (Wildman–Crippen LogP) is 2.81. The molecule has 3 aliphatic carbocycles. The van der Waals surface area contributed by atoms with Crippen molar-refractivity contribution in [3.05, 3.63) is 36.0 Å². The molecule has 0 bridgehead atoms. The molecular weight excluding hydrogens is 492 g/mol. The molecular formula is C29H36O9. The Morgan fingerprint density at radius 1 is 1.21 bits per heavy atom. The Morgan fingerprint density at radius 3 is 2.47 bits per heavy atom. The van der Waals surface area contributed by atoms with Crippen LogP contribution in [0.5, 0.6) is 0 Å². The molecule has 0 amide bonds. The third kappa shape index (κ3) is 3.43. The Morgan fingerprint density at radius 2 is 1.89 bits per heavy atom. The van der Waals surface area contributed by atoms with E-state index in [4.69, 9.17) is 18.9 Å². The predicted molar refractivity (Wildman–Crippen MR) is 133 cm³/mol. The number of hydrogen-bond acceptors (Lipinski definition) is 9. The second-order valence-corrected chi connectivity index (χ2v) is 12.5. The summed E-state index contributed by atoms with van der Waals surface area (Å²) in [4.78, 5) is 49.9. The van der Waals surface area contributed by atoms with Crippen LogP contribution >= 0.6 is 0 Å². The summed E-state index contributed by atoms with van der Waals surface area (Å²) in [7, 11) is 1.32. The van der Waals surface area contributed by atoms with Crippen LogP contribution in [0.2, 0.25) is 0 Å². The number of cyclic esters (lactones) is 1. The van der Waals surface area contributed by atoms with Crippen LogP contribution < -0.4 is 0 Å². The van der Waals surface area contributed by atoms with Crippen molar-refractivity contribution in [3.63, 3.8) is 0 Å². The number of carbonyl (C=O) groups is 4. The molecule has 1 saturated heterocycles. The molecule has 5 aliphatic rings. The van der Waals surface area contributed by atoms with Gasteiger partial charge in [-0.3, -0.25) is 14.4 Å². The molecule has 9 atom stereocenters. The number of ketones is 1. The molecule has 0 radical (unpaired) electrons. The van der Waals surface area contributed by atoms with Crippen LogP contribution in [-0.2, 0) is 38.1 Å². The monoisotopic (exact) mass is 528 g/mol. The average Bonchev–Trinajstić information content (AvgIpc) is 3.38. The summed E-state index contributed by atoms with van der Waals surface area (Å²) < 4.78 is 22.4. The fourth-order valence-corrected chi connectivity index (χ4v) is 8.45. The molecule has 5 rings (SSSR count). The summed E-state index contributed by atoms with van der Waals surface area (Å²) in [5.41, 5.74) is -1.89. The van der Waals surface area contributed by atoms with Crippen LogP contribution in [-0.4, -0.2) is 60.0 Å². The van der Waals surface area contributed by atoms with Gasteiger partial charge in [-0.25, -0.2) is 4.79 Å². The van der Waals surface area contributed by atoms with Crippen molar-refractivity contribution in [2.75, 3.05) is 7.11 Å². The molecule has 2 heterocycles. The van der Waals surface area contributed by atoms with Gasteiger partial charge >= 0.3 is 17.9 Å². The number of ether oxygens (including phenoxy) is 4. The number of epoxide rings is 1. The van der Waals surface area contributed by atoms with Crippen molar-refractivity contribution < 1.29 is 43.2 Å². The average molecular weight is 529 g/mol. The number of allylic oxidation sites excluding steroid dienone is 2. The maximum absolute atomic E-state index is 13.0. The molecule has 206 valence electrons. The summed E-state index contributed by atoms with van der Waals surface area (Å²) in [6.07, 6.45) is 3.49. The van der Waals surface area contributed by atoms with Gasteiger partial charge in [0, 0.05) is 40.7 Å². The number of hydrogen-bond donors (Lipinski definition) is 1. The van der Waals surface area contributed by atoms with E-state index in [-0.39, 0.29) is 24.2 Å². The largest absolute Gasteiger partial charge is 0.469 e. The van der Waals surface area contributed by atoms with Gasteiger partial charge in [-0.2, -0.15) is 0 Å². The molecule has 0 aromatic rings. The Bertz CT molecular complexity index is 1200. The van der Waals surface area contributed by atoms with E-state index in [2.05, 4.69) is 6.58 Å². The zero-order chi connectivity index (χ0) is 28.0. The van der Waals surface area contributed by atoms with Crippen molar-refractivity contribution >= 4 is 23.7 Å². The molecule has 2 saturated carbocycles. The smallest absolute Gasteiger partial charge is 0.333 e. The minimum Gasteiger partial charge on any atom is -0.469 e. The van der Waals surface area contributed by atoms with Crippen molar-refractivity contribution in [2.45, 2.75) is 78.0 Å². The van der Waals surface area contributed by atoms with Crippen LogP contribution in [0, 0.1) is 34.0 Å². The molecule has 38 heavy (non-hydrogen) atoms. The van der Waals surface area contributed by atoms with E-state index >= 15 is 0 Å². The molecule has 9 unspecified atom stereocenters. The lowest BCUT2D eigenvalue weighted by Crippen LogP contribution is -2.59. The topological polar surface area (TPSA) is 129 Å². The number of aliphatic hydroxyl groups is 1. The van der Waals surface area contributed by atoms with Crippen molar-refractivity contribution in [1.29, 1.82) is 0 Å². The van der Waals surface area contributed by atoms with Crippen LogP contribution in [0.15, 0.2) is 36.0 Å². The fraction of sp³-hybridized carbons (Fsp3) is 0.655. The number of carbonyl (C=O) groups excluding carboxylic acids is 4. The van der Waals surface area contributed by atoms with Gasteiger partial charge in [-0.15, -0.1) is 0 Å². The van der Waals surface area contributed by atoms with Crippen LogP contribution in [0.3, 0.4) is 0 Å². The highest BCUT2D eigenvalue weighted by molar-refractivity contribution is 5.96. The lowest BCUT2D eigenvalue weighted by atomic mass is 9.47. The maximum Gasteiger partial charge on any atom is 0.333 e. The van der Waals surface area contributed by atoms with Gasteiger partial charge in [0.15, 0.2) is 5.78 Å². The maximum atomic E-state index is 13.0. The summed E-state index contributed by atoms with van der Waals surface area (Å²) in [5.74, 6) is -2.77. The highest BCUT2D eigenvalue weighted by atomic mass is 16.6. The van der Waals surface area contributed by atoms with Crippen LogP contribution in [0.1, 0.15) is 53.9 Å². The Hall–Kier alpha value is -2.78. The van der Waals surface area contributed by atoms with E-state index in [0.29, 0.717) is 18.4 Å². The lowest BCUT2D eigenvalue weighted by molar-refractivity contribution is -0.166. The van der Waals surface area contributed by atoms with Gasteiger partial charge in [0.2, 0.25) is 6.29 Å². The Kier molecular flexibility index (Phi) is 5.90. The van der Waals surface area contributed by atoms with E-state index in [1.54, 1.807) is 6.08 Å². The molecule has 0 aromatic carbocycles. The minimum absolute atomic E-state index is 0.00234. The van der Waals surface area contributed by atoms with Gasteiger partial charge < -0.3 is 24.1 Å². The number of methoxy groups -OCH3 is 1. The highest BCUT2D eigenvalue weighted by Gasteiger charge is 2.81. The van der Waals surface area contributed by atoms with Gasteiger partial charge in [0.25, 0.3) is 0 Å². The zero-order valence-electron chi connectivity index (χ0n) is 22.7. The van der Waals surface area contributed by atoms with E-state index in [0.717, 1.165) is 5.57 Å². The molecule has 9 heteroatoms. The van der Waals surface area contributed by atoms with Crippen molar-refractivity contribution in [3.8, 4) is 0 Å². The number of esters is 3. The second kappa shape index (κ2) is 8.36. The standard InChI is InChI=1S/C29H36O9/c1-14-24(27(5)9-8-20(31)26(3,4)19(27)12-22(32)35-7)18(36-15(2)30)13-28(6)17(11-21-29(14,28)38-21)16-10-23(33)37-25(16)34/h8-10,17-19,21,24-25,34H,1,11-13H2,2-7H3. The van der Waals surface area contributed by atoms with E-state index in [1.807, 2.05) is 33.8 Å². The first kappa shape index (κ1) is 26.8. The quantitative estimate of drug-likeness (QED) is 0.248. The first-order chi connectivity index (χ1) is 17.6. The van der Waals surface area contributed by atoms with E-state index in [1.165, 1.54) is 20.1 Å². The van der Waals surface area contributed by atoms with Gasteiger partial charge in [0.05, 0.1) is 19.6 Å². The van der Waals surface area contributed by atoms with E-state index in [9.17, 15) is 24.3 Å². The lowest BCUT2D eigenvalue weighted by Gasteiger charge is -2.57. The molecule has 1 N–H and O–H groups in total. The van der Waals surface area contributed by atoms with E-state index < -0.39 is 64.0 Å². The summed E-state index contributed by atoms with van der Waals surface area (Å²) in [6.45, 7) is 13.5. The zero-order valence-corrected chi connectivity index (χ0v) is 22.7. The van der Waals surface area contributed by atoms with Crippen LogP contribution in [0.25, 0.3) is 0 Å². The SMILES string of the molecule is C=C1C(C2(C)C=CC(=O)C(C)(C)C2CC(=O)OC)C(OC(C)=O)CC2(C)C(C3=CC(=O)OC3O)CC3OC132. The highest BCUT2D eigenvalue weighted by Crippen LogP contribution is 2.75. The first-order valence-corrected chi connectivity index (χ1v) is 13.1. The number of rotatable bonds is 5. The van der Waals surface area contributed by atoms with Gasteiger partial charge in [-0.1, -0.05) is 40.3 Å².